The Morgan fingerprint density at radius 1 is 1.56 bits per heavy atom. The standard InChI is InChI=1S/C13H15BrFNO2/c14-12-10(4-1-5-11(12)15)13(18)16-6-2-3-9(7-16)8-17/h1,4-5,9,17H,2-3,6-8H2. The molecule has 1 fully saturated rings. The molecule has 1 unspecified atom stereocenters. The Morgan fingerprint density at radius 3 is 3.06 bits per heavy atom. The van der Waals surface area contributed by atoms with E-state index in [0.717, 1.165) is 12.8 Å². The van der Waals surface area contributed by atoms with Gasteiger partial charge in [0, 0.05) is 19.7 Å². The van der Waals surface area contributed by atoms with Crippen molar-refractivity contribution in [3.8, 4) is 0 Å². The number of rotatable bonds is 2. The molecule has 1 aliphatic heterocycles. The van der Waals surface area contributed by atoms with E-state index in [-0.39, 0.29) is 22.9 Å². The molecule has 1 atom stereocenters. The Morgan fingerprint density at radius 2 is 2.33 bits per heavy atom. The largest absolute Gasteiger partial charge is 0.396 e. The lowest BCUT2D eigenvalue weighted by Gasteiger charge is -2.32. The number of hydrogen-bond donors (Lipinski definition) is 1. The van der Waals surface area contributed by atoms with E-state index in [2.05, 4.69) is 15.9 Å². The maximum absolute atomic E-state index is 13.4. The van der Waals surface area contributed by atoms with Crippen LogP contribution in [0.15, 0.2) is 22.7 Å². The van der Waals surface area contributed by atoms with Gasteiger partial charge in [0.25, 0.3) is 5.91 Å². The number of likely N-dealkylation sites (tertiary alicyclic amines) is 1. The first-order valence-corrected chi connectivity index (χ1v) is 6.77. The second kappa shape index (κ2) is 5.80. The minimum Gasteiger partial charge on any atom is -0.396 e. The first-order valence-electron chi connectivity index (χ1n) is 5.97. The van der Waals surface area contributed by atoms with Gasteiger partial charge in [0.15, 0.2) is 0 Å². The van der Waals surface area contributed by atoms with Gasteiger partial charge in [0.2, 0.25) is 0 Å². The number of aliphatic hydroxyl groups is 1. The van der Waals surface area contributed by atoms with Crippen LogP contribution in [0.4, 0.5) is 4.39 Å². The van der Waals surface area contributed by atoms with Crippen molar-refractivity contribution < 1.29 is 14.3 Å². The second-order valence-electron chi connectivity index (χ2n) is 4.54. The van der Waals surface area contributed by atoms with E-state index in [1.54, 1.807) is 11.0 Å². The van der Waals surface area contributed by atoms with E-state index in [1.165, 1.54) is 12.1 Å². The van der Waals surface area contributed by atoms with Crippen molar-refractivity contribution in [1.82, 2.24) is 4.90 Å². The lowest BCUT2D eigenvalue weighted by Crippen LogP contribution is -2.41. The molecule has 1 N–H and O–H groups in total. The summed E-state index contributed by atoms with van der Waals surface area (Å²) < 4.78 is 13.6. The van der Waals surface area contributed by atoms with Crippen LogP contribution in [0.1, 0.15) is 23.2 Å². The summed E-state index contributed by atoms with van der Waals surface area (Å²) in [6, 6.07) is 4.45. The third-order valence-corrected chi connectivity index (χ3v) is 4.05. The third-order valence-electron chi connectivity index (χ3n) is 3.25. The number of carbonyl (C=O) groups excluding carboxylic acids is 1. The molecular weight excluding hydrogens is 301 g/mol. The van der Waals surface area contributed by atoms with Gasteiger partial charge in [-0.3, -0.25) is 4.79 Å². The Labute approximate surface area is 114 Å². The summed E-state index contributed by atoms with van der Waals surface area (Å²) in [5, 5.41) is 9.15. The quantitative estimate of drug-likeness (QED) is 0.910. The van der Waals surface area contributed by atoms with Gasteiger partial charge < -0.3 is 10.0 Å². The normalized spacial score (nSPS) is 19.9. The van der Waals surface area contributed by atoms with Crippen LogP contribution >= 0.6 is 15.9 Å². The van der Waals surface area contributed by atoms with Crippen LogP contribution in [0.2, 0.25) is 0 Å². The highest BCUT2D eigenvalue weighted by molar-refractivity contribution is 9.10. The van der Waals surface area contributed by atoms with Crippen LogP contribution in [0.5, 0.6) is 0 Å². The molecule has 1 aromatic carbocycles. The van der Waals surface area contributed by atoms with Gasteiger partial charge in [-0.15, -0.1) is 0 Å². The number of aliphatic hydroxyl groups excluding tert-OH is 1. The minimum absolute atomic E-state index is 0.0914. The van der Waals surface area contributed by atoms with Crippen molar-refractivity contribution in [2.75, 3.05) is 19.7 Å². The molecule has 18 heavy (non-hydrogen) atoms. The highest BCUT2D eigenvalue weighted by Gasteiger charge is 2.25. The molecule has 3 nitrogen and oxygen atoms in total. The number of benzene rings is 1. The Hall–Kier alpha value is -0.940. The van der Waals surface area contributed by atoms with Gasteiger partial charge in [-0.25, -0.2) is 4.39 Å². The number of carbonyl (C=O) groups is 1. The van der Waals surface area contributed by atoms with Crippen LogP contribution < -0.4 is 0 Å². The smallest absolute Gasteiger partial charge is 0.255 e. The lowest BCUT2D eigenvalue weighted by molar-refractivity contribution is 0.0619. The maximum Gasteiger partial charge on any atom is 0.255 e. The van der Waals surface area contributed by atoms with Crippen LogP contribution in [-0.2, 0) is 0 Å². The zero-order valence-electron chi connectivity index (χ0n) is 9.90. The topological polar surface area (TPSA) is 40.5 Å². The molecule has 0 bridgehead atoms. The van der Waals surface area contributed by atoms with E-state index in [0.29, 0.717) is 18.7 Å². The van der Waals surface area contributed by atoms with Crippen molar-refractivity contribution in [2.45, 2.75) is 12.8 Å². The minimum atomic E-state index is -0.434. The molecule has 1 aromatic rings. The Kier molecular flexibility index (Phi) is 4.35. The molecule has 1 heterocycles. The van der Waals surface area contributed by atoms with Gasteiger partial charge in [-0.05, 0) is 46.8 Å². The summed E-state index contributed by atoms with van der Waals surface area (Å²) in [5.41, 5.74) is 0.341. The monoisotopic (exact) mass is 315 g/mol. The van der Waals surface area contributed by atoms with Gasteiger partial charge in [-0.1, -0.05) is 6.07 Å². The number of nitrogens with zero attached hydrogens (tertiary/aromatic N) is 1. The molecule has 1 amide bonds. The van der Waals surface area contributed by atoms with E-state index in [9.17, 15) is 9.18 Å². The average Bonchev–Trinajstić information content (AvgIpc) is 2.41. The summed E-state index contributed by atoms with van der Waals surface area (Å²) in [6.45, 7) is 1.30. The second-order valence-corrected chi connectivity index (χ2v) is 5.34. The van der Waals surface area contributed by atoms with E-state index < -0.39 is 5.82 Å². The maximum atomic E-state index is 13.4. The summed E-state index contributed by atoms with van der Waals surface area (Å²) in [4.78, 5) is 14.0. The van der Waals surface area contributed by atoms with Crippen molar-refractivity contribution in [3.63, 3.8) is 0 Å². The molecule has 5 heteroatoms. The SMILES string of the molecule is O=C(c1cccc(F)c1Br)N1CCCC(CO)C1. The van der Waals surface area contributed by atoms with E-state index >= 15 is 0 Å². The van der Waals surface area contributed by atoms with Crippen LogP contribution in [0.25, 0.3) is 0 Å². The van der Waals surface area contributed by atoms with Crippen LogP contribution in [0.3, 0.4) is 0 Å². The number of amides is 1. The molecular formula is C13H15BrFNO2. The molecule has 0 spiro atoms. The number of hydrogen-bond acceptors (Lipinski definition) is 2. The van der Waals surface area contributed by atoms with Gasteiger partial charge in [0.05, 0.1) is 10.0 Å². The van der Waals surface area contributed by atoms with Crippen LogP contribution in [-0.4, -0.2) is 35.6 Å². The zero-order chi connectivity index (χ0) is 13.1. The number of piperidine rings is 1. The van der Waals surface area contributed by atoms with E-state index in [4.69, 9.17) is 5.11 Å². The molecule has 1 aliphatic rings. The average molecular weight is 316 g/mol. The van der Waals surface area contributed by atoms with Crippen molar-refractivity contribution in [3.05, 3.63) is 34.1 Å². The Bertz CT molecular complexity index is 453. The molecule has 98 valence electrons. The predicted molar refractivity (Wildman–Crippen MR) is 69.8 cm³/mol. The lowest BCUT2D eigenvalue weighted by atomic mass is 9.98. The van der Waals surface area contributed by atoms with Crippen molar-refractivity contribution in [2.24, 2.45) is 5.92 Å². The number of halogens is 2. The predicted octanol–water partition coefficient (Wildman–Crippen LogP) is 2.43. The summed E-state index contributed by atoms with van der Waals surface area (Å²) in [6.07, 6.45) is 1.81. The van der Waals surface area contributed by atoms with E-state index in [1.807, 2.05) is 0 Å². The molecule has 0 aliphatic carbocycles. The van der Waals surface area contributed by atoms with Crippen LogP contribution in [0, 0.1) is 11.7 Å². The molecule has 0 aromatic heterocycles. The summed E-state index contributed by atoms with van der Waals surface area (Å²) in [5.74, 6) is -0.480. The summed E-state index contributed by atoms with van der Waals surface area (Å²) in [7, 11) is 0. The van der Waals surface area contributed by atoms with Crippen molar-refractivity contribution in [1.29, 1.82) is 0 Å². The van der Waals surface area contributed by atoms with Gasteiger partial charge in [-0.2, -0.15) is 0 Å². The fourth-order valence-corrected chi connectivity index (χ4v) is 2.67. The summed E-state index contributed by atoms with van der Waals surface area (Å²) >= 11 is 3.11. The fourth-order valence-electron chi connectivity index (χ4n) is 2.24. The molecule has 1 saturated heterocycles. The van der Waals surface area contributed by atoms with Gasteiger partial charge in [0.1, 0.15) is 5.82 Å². The molecule has 2 rings (SSSR count). The fraction of sp³-hybridized carbons (Fsp3) is 0.462. The molecule has 0 saturated carbocycles. The zero-order valence-corrected chi connectivity index (χ0v) is 11.5. The van der Waals surface area contributed by atoms with Crippen molar-refractivity contribution >= 4 is 21.8 Å². The van der Waals surface area contributed by atoms with Gasteiger partial charge >= 0.3 is 0 Å². The third kappa shape index (κ3) is 2.72. The first-order chi connectivity index (χ1) is 8.63. The first kappa shape index (κ1) is 13.5. The Balaban J connectivity index is 2.18. The highest BCUT2D eigenvalue weighted by atomic mass is 79.9. The highest BCUT2D eigenvalue weighted by Crippen LogP contribution is 2.24. The molecule has 0 radical (unpaired) electrons.